The molecule has 0 saturated carbocycles. The van der Waals surface area contributed by atoms with Crippen LogP contribution < -0.4 is 0 Å². The molecule has 0 bridgehead atoms. The average Bonchev–Trinajstić information content (AvgIpc) is 2.67. The molecule has 0 atom stereocenters. The molecule has 0 unspecified atom stereocenters. The third-order valence-electron chi connectivity index (χ3n) is 2.23. The van der Waals surface area contributed by atoms with E-state index in [1.54, 1.807) is 6.20 Å². The molecule has 15 heavy (non-hydrogen) atoms. The van der Waals surface area contributed by atoms with Gasteiger partial charge in [-0.05, 0) is 26.0 Å². The number of benzene rings is 1. The molecule has 1 aromatic carbocycles. The van der Waals surface area contributed by atoms with Crippen molar-refractivity contribution >= 4 is 5.78 Å². The van der Waals surface area contributed by atoms with Crippen LogP contribution in [0.4, 0.5) is 0 Å². The van der Waals surface area contributed by atoms with E-state index in [9.17, 15) is 4.79 Å². The van der Waals surface area contributed by atoms with E-state index in [1.807, 2.05) is 32.0 Å². The molecule has 76 valence electrons. The number of H-pyrrole nitrogens is 1. The molecule has 0 spiro atoms. The van der Waals surface area contributed by atoms with Gasteiger partial charge in [0.2, 0.25) is 5.78 Å². The monoisotopic (exact) mass is 200 g/mol. The predicted molar refractivity (Wildman–Crippen MR) is 57.9 cm³/mol. The third kappa shape index (κ3) is 1.96. The molecule has 0 fully saturated rings. The first-order valence-electron chi connectivity index (χ1n) is 4.78. The van der Waals surface area contributed by atoms with Gasteiger partial charge in [0.05, 0.1) is 12.5 Å². The summed E-state index contributed by atoms with van der Waals surface area (Å²) in [6.45, 7) is 3.97. The minimum absolute atomic E-state index is 0.0145. The fourth-order valence-corrected chi connectivity index (χ4v) is 1.64. The first-order valence-corrected chi connectivity index (χ1v) is 4.78. The van der Waals surface area contributed by atoms with Crippen LogP contribution in [-0.4, -0.2) is 15.8 Å². The summed E-state index contributed by atoms with van der Waals surface area (Å²) in [4.78, 5) is 18.6. The maximum Gasteiger partial charge on any atom is 0.210 e. The number of carbonyl (C=O) groups is 1. The average molecular weight is 200 g/mol. The molecule has 2 aromatic rings. The number of aryl methyl sites for hydroxylation is 2. The standard InChI is InChI=1S/C12H12N2O/c1-8-3-9(2)5-10(4-8)12(15)11-6-13-7-14-11/h3-7H,1-2H3,(H,13,14). The van der Waals surface area contributed by atoms with Gasteiger partial charge in [0.1, 0.15) is 5.69 Å². The molecule has 0 aliphatic rings. The lowest BCUT2D eigenvalue weighted by atomic mass is 10.0. The Kier molecular flexibility index (Phi) is 2.37. The van der Waals surface area contributed by atoms with E-state index in [0.717, 1.165) is 11.1 Å². The summed E-state index contributed by atoms with van der Waals surface area (Å²) in [5, 5.41) is 0. The fraction of sp³-hybridized carbons (Fsp3) is 0.167. The van der Waals surface area contributed by atoms with Crippen LogP contribution >= 0.6 is 0 Å². The minimum Gasteiger partial charge on any atom is -0.342 e. The summed E-state index contributed by atoms with van der Waals surface area (Å²) in [5.74, 6) is -0.0145. The minimum atomic E-state index is -0.0145. The van der Waals surface area contributed by atoms with Gasteiger partial charge in [0.25, 0.3) is 0 Å². The van der Waals surface area contributed by atoms with Crippen molar-refractivity contribution in [1.29, 1.82) is 0 Å². The van der Waals surface area contributed by atoms with Crippen molar-refractivity contribution < 1.29 is 4.79 Å². The topological polar surface area (TPSA) is 45.8 Å². The van der Waals surface area contributed by atoms with Gasteiger partial charge in [-0.1, -0.05) is 17.2 Å². The van der Waals surface area contributed by atoms with E-state index in [2.05, 4.69) is 9.97 Å². The van der Waals surface area contributed by atoms with Crippen LogP contribution in [0.5, 0.6) is 0 Å². The second kappa shape index (κ2) is 3.69. The van der Waals surface area contributed by atoms with E-state index < -0.39 is 0 Å². The van der Waals surface area contributed by atoms with Gasteiger partial charge in [-0.2, -0.15) is 0 Å². The Hall–Kier alpha value is -1.90. The number of nitrogens with zero attached hydrogens (tertiary/aromatic N) is 1. The van der Waals surface area contributed by atoms with E-state index in [-0.39, 0.29) is 5.78 Å². The van der Waals surface area contributed by atoms with Crippen LogP contribution in [0.2, 0.25) is 0 Å². The van der Waals surface area contributed by atoms with Crippen molar-refractivity contribution in [3.05, 3.63) is 53.1 Å². The highest BCUT2D eigenvalue weighted by Gasteiger charge is 2.10. The van der Waals surface area contributed by atoms with Crippen molar-refractivity contribution in [1.82, 2.24) is 9.97 Å². The molecule has 1 heterocycles. The molecule has 0 aliphatic heterocycles. The van der Waals surface area contributed by atoms with E-state index in [4.69, 9.17) is 0 Å². The summed E-state index contributed by atoms with van der Waals surface area (Å²) in [5.41, 5.74) is 3.42. The van der Waals surface area contributed by atoms with Crippen molar-refractivity contribution in [3.8, 4) is 0 Å². The molecular formula is C12H12N2O. The Balaban J connectivity index is 2.42. The zero-order chi connectivity index (χ0) is 10.8. The molecule has 1 N–H and O–H groups in total. The van der Waals surface area contributed by atoms with Gasteiger partial charge in [-0.3, -0.25) is 4.79 Å². The smallest absolute Gasteiger partial charge is 0.210 e. The Labute approximate surface area is 88.2 Å². The number of aromatic amines is 1. The molecule has 3 nitrogen and oxygen atoms in total. The molecule has 0 radical (unpaired) electrons. The predicted octanol–water partition coefficient (Wildman–Crippen LogP) is 2.26. The van der Waals surface area contributed by atoms with Crippen LogP contribution in [0.15, 0.2) is 30.7 Å². The number of rotatable bonds is 2. The van der Waals surface area contributed by atoms with Gasteiger partial charge in [0, 0.05) is 5.56 Å². The number of ketones is 1. The Bertz CT molecular complexity index is 466. The van der Waals surface area contributed by atoms with Crippen LogP contribution in [0.3, 0.4) is 0 Å². The zero-order valence-electron chi connectivity index (χ0n) is 8.74. The number of hydrogen-bond donors (Lipinski definition) is 1. The van der Waals surface area contributed by atoms with Crippen molar-refractivity contribution in [2.24, 2.45) is 0 Å². The maximum absolute atomic E-state index is 11.9. The second-order valence-corrected chi connectivity index (χ2v) is 3.67. The van der Waals surface area contributed by atoms with Crippen molar-refractivity contribution in [2.75, 3.05) is 0 Å². The molecule has 0 aliphatic carbocycles. The highest BCUT2D eigenvalue weighted by atomic mass is 16.1. The largest absolute Gasteiger partial charge is 0.342 e. The van der Waals surface area contributed by atoms with Gasteiger partial charge >= 0.3 is 0 Å². The maximum atomic E-state index is 11.9. The normalized spacial score (nSPS) is 10.3. The Morgan fingerprint density at radius 3 is 2.40 bits per heavy atom. The molecule has 3 heteroatoms. The van der Waals surface area contributed by atoms with Crippen molar-refractivity contribution in [2.45, 2.75) is 13.8 Å². The first kappa shape index (κ1) is 9.65. The van der Waals surface area contributed by atoms with Crippen molar-refractivity contribution in [3.63, 3.8) is 0 Å². The second-order valence-electron chi connectivity index (χ2n) is 3.67. The summed E-state index contributed by atoms with van der Waals surface area (Å²) < 4.78 is 0. The van der Waals surface area contributed by atoms with Gasteiger partial charge in [-0.25, -0.2) is 4.98 Å². The number of aromatic nitrogens is 2. The number of imidazole rings is 1. The summed E-state index contributed by atoms with van der Waals surface area (Å²) in [7, 11) is 0. The lowest BCUT2D eigenvalue weighted by Gasteiger charge is -2.02. The van der Waals surface area contributed by atoms with Gasteiger partial charge in [0.15, 0.2) is 0 Å². The SMILES string of the molecule is Cc1cc(C)cc(C(=O)c2cnc[nH]2)c1. The van der Waals surface area contributed by atoms with Gasteiger partial charge < -0.3 is 4.98 Å². The molecule has 0 saturated heterocycles. The summed E-state index contributed by atoms with van der Waals surface area (Å²) in [6, 6.07) is 5.82. The molecular weight excluding hydrogens is 188 g/mol. The number of carbonyl (C=O) groups excluding carboxylic acids is 1. The zero-order valence-corrected chi connectivity index (χ0v) is 8.74. The van der Waals surface area contributed by atoms with Crippen LogP contribution in [0.1, 0.15) is 27.2 Å². The first-order chi connectivity index (χ1) is 7.16. The Morgan fingerprint density at radius 2 is 1.87 bits per heavy atom. The van der Waals surface area contributed by atoms with E-state index >= 15 is 0 Å². The quantitative estimate of drug-likeness (QED) is 0.756. The van der Waals surface area contributed by atoms with Crippen LogP contribution in [-0.2, 0) is 0 Å². The summed E-state index contributed by atoms with van der Waals surface area (Å²) in [6.07, 6.45) is 3.05. The lowest BCUT2D eigenvalue weighted by Crippen LogP contribution is -2.02. The summed E-state index contributed by atoms with van der Waals surface area (Å²) >= 11 is 0. The molecule has 1 aromatic heterocycles. The lowest BCUT2D eigenvalue weighted by molar-refractivity contribution is 0.103. The van der Waals surface area contributed by atoms with E-state index in [1.165, 1.54) is 6.33 Å². The highest BCUT2D eigenvalue weighted by Crippen LogP contribution is 2.12. The highest BCUT2D eigenvalue weighted by molar-refractivity contribution is 6.07. The third-order valence-corrected chi connectivity index (χ3v) is 2.23. The Morgan fingerprint density at radius 1 is 1.20 bits per heavy atom. The van der Waals surface area contributed by atoms with E-state index in [0.29, 0.717) is 11.3 Å². The number of nitrogens with one attached hydrogen (secondary N) is 1. The fourth-order valence-electron chi connectivity index (χ4n) is 1.64. The number of hydrogen-bond acceptors (Lipinski definition) is 2. The molecule has 2 rings (SSSR count). The molecule has 0 amide bonds. The van der Waals surface area contributed by atoms with Gasteiger partial charge in [-0.15, -0.1) is 0 Å². The van der Waals surface area contributed by atoms with Crippen LogP contribution in [0, 0.1) is 13.8 Å². The van der Waals surface area contributed by atoms with Crippen LogP contribution in [0.25, 0.3) is 0 Å².